The van der Waals surface area contributed by atoms with Gasteiger partial charge in [0.2, 0.25) is 19.1 Å². The number of hydrogen-bond donors (Lipinski definition) is 1. The molecule has 0 fully saturated rings. The van der Waals surface area contributed by atoms with Gasteiger partial charge in [-0.2, -0.15) is 0 Å². The van der Waals surface area contributed by atoms with Gasteiger partial charge in [0.25, 0.3) is 0 Å². The van der Waals surface area contributed by atoms with E-state index in [0.29, 0.717) is 0 Å². The molecule has 1 rings (SSSR count). The van der Waals surface area contributed by atoms with Gasteiger partial charge in [0.05, 0.1) is 10.6 Å². The molecule has 0 saturated heterocycles. The highest BCUT2D eigenvalue weighted by Gasteiger charge is 2.15. The molecule has 0 saturated carbocycles. The second-order valence-electron chi connectivity index (χ2n) is 3.09. The average molecular weight is 302 g/mol. The molecule has 0 atom stereocenters. The van der Waals surface area contributed by atoms with Crippen LogP contribution in [0.15, 0.2) is 29.2 Å². The van der Waals surface area contributed by atoms with Gasteiger partial charge in [0.15, 0.2) is 0 Å². The number of benzene rings is 1. The van der Waals surface area contributed by atoms with Gasteiger partial charge in [-0.05, 0) is 24.3 Å². The molecule has 1 aromatic rings. The zero-order valence-electron chi connectivity index (χ0n) is 8.43. The molecule has 1 aromatic carbocycles. The van der Waals surface area contributed by atoms with Gasteiger partial charge in [0, 0.05) is 17.2 Å². The summed E-state index contributed by atoms with van der Waals surface area (Å²) >= 11 is 0. The monoisotopic (exact) mass is 301 g/mol. The highest BCUT2D eigenvalue weighted by Crippen LogP contribution is 2.09. The van der Waals surface area contributed by atoms with E-state index in [1.54, 1.807) is 0 Å². The average Bonchev–Trinajstić information content (AvgIpc) is 2.15. The molecule has 0 spiro atoms. The highest BCUT2D eigenvalue weighted by molar-refractivity contribution is 8.13. The van der Waals surface area contributed by atoms with Crippen LogP contribution in [-0.2, 0) is 19.1 Å². The summed E-state index contributed by atoms with van der Waals surface area (Å²) in [6.45, 7) is -0.342. The maximum atomic E-state index is 12.6. The zero-order valence-corrected chi connectivity index (χ0v) is 10.8. The van der Waals surface area contributed by atoms with Crippen LogP contribution in [0.25, 0.3) is 0 Å². The minimum Gasteiger partial charge on any atom is -0.212 e. The second kappa shape index (κ2) is 5.30. The molecule has 9 heteroatoms. The molecule has 0 aromatic heterocycles. The van der Waals surface area contributed by atoms with E-state index in [9.17, 15) is 21.2 Å². The molecule has 0 bridgehead atoms. The lowest BCUT2D eigenvalue weighted by atomic mass is 10.4. The smallest absolute Gasteiger partial charge is 0.212 e. The summed E-state index contributed by atoms with van der Waals surface area (Å²) in [5.41, 5.74) is 0. The minimum absolute atomic E-state index is 0.147. The minimum atomic E-state index is -3.84. The van der Waals surface area contributed by atoms with Crippen molar-refractivity contribution in [1.82, 2.24) is 4.72 Å². The van der Waals surface area contributed by atoms with Gasteiger partial charge in [-0.25, -0.2) is 25.9 Å². The summed E-state index contributed by atoms with van der Waals surface area (Å²) in [6, 6.07) is 4.14. The Labute approximate surface area is 103 Å². The SMILES string of the molecule is O=S(=O)(Cl)CCNS(=O)(=O)c1ccc(F)cc1. The Kier molecular flexibility index (Phi) is 4.48. The Hall–Kier alpha value is -0.700. The molecule has 0 unspecified atom stereocenters. The lowest BCUT2D eigenvalue weighted by molar-refractivity contribution is 0.582. The summed E-state index contributed by atoms with van der Waals surface area (Å²) in [7, 11) is -2.67. The number of nitrogens with one attached hydrogen (secondary N) is 1. The highest BCUT2D eigenvalue weighted by atomic mass is 35.7. The fourth-order valence-corrected chi connectivity index (χ4v) is 2.73. The Morgan fingerprint density at radius 2 is 1.65 bits per heavy atom. The van der Waals surface area contributed by atoms with E-state index in [2.05, 4.69) is 0 Å². The van der Waals surface area contributed by atoms with Gasteiger partial charge < -0.3 is 0 Å². The quantitative estimate of drug-likeness (QED) is 0.811. The van der Waals surface area contributed by atoms with Crippen LogP contribution >= 0.6 is 10.7 Å². The Bertz CT molecular complexity index is 582. The van der Waals surface area contributed by atoms with Gasteiger partial charge in [0.1, 0.15) is 5.82 Å². The lowest BCUT2D eigenvalue weighted by Crippen LogP contribution is -2.28. The van der Waals surface area contributed by atoms with E-state index in [-0.39, 0.29) is 11.4 Å². The summed E-state index contributed by atoms with van der Waals surface area (Å²) in [4.78, 5) is -0.147. The summed E-state index contributed by atoms with van der Waals surface area (Å²) in [6.07, 6.45) is 0. The molecule has 0 radical (unpaired) electrons. The maximum Gasteiger partial charge on any atom is 0.240 e. The molecule has 17 heavy (non-hydrogen) atoms. The predicted molar refractivity (Wildman–Crippen MR) is 61.2 cm³/mol. The Morgan fingerprint density at radius 1 is 1.12 bits per heavy atom. The third-order valence-corrected chi connectivity index (χ3v) is 4.39. The van der Waals surface area contributed by atoms with Crippen LogP contribution in [0, 0.1) is 5.82 Å². The van der Waals surface area contributed by atoms with Crippen LogP contribution in [0.1, 0.15) is 0 Å². The van der Waals surface area contributed by atoms with E-state index in [4.69, 9.17) is 10.7 Å². The predicted octanol–water partition coefficient (Wildman–Crippen LogP) is 0.673. The Balaban J connectivity index is 2.73. The molecule has 0 aliphatic heterocycles. The van der Waals surface area contributed by atoms with Crippen LogP contribution in [0.3, 0.4) is 0 Å². The van der Waals surface area contributed by atoms with Crippen molar-refractivity contribution in [2.24, 2.45) is 0 Å². The summed E-state index contributed by atoms with van der Waals surface area (Å²) in [5, 5.41) is 0. The number of hydrogen-bond acceptors (Lipinski definition) is 4. The van der Waals surface area contributed by atoms with Crippen molar-refractivity contribution >= 4 is 29.8 Å². The van der Waals surface area contributed by atoms with Gasteiger partial charge in [-0.3, -0.25) is 0 Å². The van der Waals surface area contributed by atoms with E-state index in [1.807, 2.05) is 4.72 Å². The fraction of sp³-hybridized carbons (Fsp3) is 0.250. The normalized spacial score (nSPS) is 12.6. The first-order chi connectivity index (χ1) is 7.71. The zero-order chi connectivity index (χ0) is 13.1. The van der Waals surface area contributed by atoms with Crippen molar-refractivity contribution in [1.29, 1.82) is 0 Å². The van der Waals surface area contributed by atoms with E-state index in [0.717, 1.165) is 24.3 Å². The standard InChI is InChI=1S/C8H9ClFNO4S2/c9-16(12,13)6-5-11-17(14,15)8-3-1-7(10)2-4-8/h1-4,11H,5-6H2. The molecule has 5 nitrogen and oxygen atoms in total. The lowest BCUT2D eigenvalue weighted by Gasteiger charge is -2.05. The van der Waals surface area contributed by atoms with Crippen LogP contribution in [0.2, 0.25) is 0 Å². The molecule has 96 valence electrons. The number of halogens is 2. The maximum absolute atomic E-state index is 12.6. The summed E-state index contributed by atoms with van der Waals surface area (Å²) in [5.74, 6) is -1.08. The van der Waals surface area contributed by atoms with E-state index < -0.39 is 30.6 Å². The van der Waals surface area contributed by atoms with Gasteiger partial charge in [-0.1, -0.05) is 0 Å². The summed E-state index contributed by atoms with van der Waals surface area (Å²) < 4.78 is 58.9. The second-order valence-corrected chi connectivity index (χ2v) is 7.76. The van der Waals surface area contributed by atoms with Crippen LogP contribution in [-0.4, -0.2) is 29.1 Å². The third kappa shape index (κ3) is 4.99. The number of rotatable bonds is 5. The third-order valence-electron chi connectivity index (χ3n) is 1.76. The molecular weight excluding hydrogens is 293 g/mol. The van der Waals surface area contributed by atoms with Crippen LogP contribution in [0.5, 0.6) is 0 Å². The van der Waals surface area contributed by atoms with E-state index >= 15 is 0 Å². The molecule has 0 heterocycles. The van der Waals surface area contributed by atoms with Crippen molar-refractivity contribution in [3.8, 4) is 0 Å². The van der Waals surface area contributed by atoms with Crippen molar-refractivity contribution < 1.29 is 21.2 Å². The largest absolute Gasteiger partial charge is 0.240 e. The first-order valence-electron chi connectivity index (χ1n) is 4.38. The van der Waals surface area contributed by atoms with Crippen molar-refractivity contribution in [2.45, 2.75) is 4.90 Å². The first kappa shape index (κ1) is 14.4. The molecule has 0 aliphatic carbocycles. The fourth-order valence-electron chi connectivity index (χ4n) is 0.995. The van der Waals surface area contributed by atoms with Crippen LogP contribution in [0.4, 0.5) is 4.39 Å². The van der Waals surface area contributed by atoms with Crippen LogP contribution < -0.4 is 4.72 Å². The topological polar surface area (TPSA) is 80.3 Å². The van der Waals surface area contributed by atoms with E-state index in [1.165, 1.54) is 0 Å². The molecule has 0 amide bonds. The number of sulfonamides is 1. The van der Waals surface area contributed by atoms with Crippen molar-refractivity contribution in [3.05, 3.63) is 30.1 Å². The van der Waals surface area contributed by atoms with Crippen molar-refractivity contribution in [2.75, 3.05) is 12.3 Å². The first-order valence-corrected chi connectivity index (χ1v) is 8.34. The molecular formula is C8H9ClFNO4S2. The molecule has 1 N–H and O–H groups in total. The van der Waals surface area contributed by atoms with Crippen molar-refractivity contribution in [3.63, 3.8) is 0 Å². The van der Waals surface area contributed by atoms with Gasteiger partial charge in [-0.15, -0.1) is 0 Å². The van der Waals surface area contributed by atoms with Gasteiger partial charge >= 0.3 is 0 Å². The molecule has 0 aliphatic rings. The Morgan fingerprint density at radius 3 is 2.12 bits per heavy atom.